The Morgan fingerprint density at radius 1 is 0.305 bits per heavy atom. The van der Waals surface area contributed by atoms with E-state index in [1.54, 1.807) is 0 Å². The van der Waals surface area contributed by atoms with Crippen molar-refractivity contribution in [3.05, 3.63) is 0 Å². The Hall–Kier alpha value is -1.94. The first-order valence-electron chi connectivity index (χ1n) is 39.5. The molecule has 0 aromatic heterocycles. The van der Waals surface area contributed by atoms with Crippen LogP contribution in [0.3, 0.4) is 0 Å². The van der Waals surface area contributed by atoms with Crippen molar-refractivity contribution in [2.24, 2.45) is 11.8 Å². The van der Waals surface area contributed by atoms with Crippen LogP contribution in [0.1, 0.15) is 395 Å². The zero-order valence-electron chi connectivity index (χ0n) is 62.0. The predicted molar refractivity (Wildman–Crippen MR) is 386 cm³/mol. The summed E-state index contributed by atoms with van der Waals surface area (Å²) in [7, 11) is -9.90. The first-order chi connectivity index (χ1) is 45.9. The number of unbranched alkanes of at least 4 members (excludes halogenated alkanes) is 44. The summed E-state index contributed by atoms with van der Waals surface area (Å²) < 4.78 is 68.3. The molecule has 3 unspecified atom stereocenters. The van der Waals surface area contributed by atoms with E-state index in [-0.39, 0.29) is 25.7 Å². The molecule has 3 N–H and O–H groups in total. The van der Waals surface area contributed by atoms with Crippen molar-refractivity contribution in [2.45, 2.75) is 413 Å². The van der Waals surface area contributed by atoms with Gasteiger partial charge in [-0.1, -0.05) is 343 Å². The van der Waals surface area contributed by atoms with E-state index in [1.807, 2.05) is 0 Å². The number of carbonyl (C=O) groups is 4. The van der Waals surface area contributed by atoms with Crippen molar-refractivity contribution in [1.29, 1.82) is 0 Å². The van der Waals surface area contributed by atoms with Gasteiger partial charge in [0.2, 0.25) is 0 Å². The van der Waals surface area contributed by atoms with Gasteiger partial charge in [-0.25, -0.2) is 9.13 Å². The van der Waals surface area contributed by atoms with Gasteiger partial charge in [0.15, 0.2) is 12.2 Å². The molecule has 17 nitrogen and oxygen atoms in total. The van der Waals surface area contributed by atoms with Gasteiger partial charge in [0.1, 0.15) is 19.3 Å². The third-order valence-electron chi connectivity index (χ3n) is 18.1. The molecule has 564 valence electrons. The second-order valence-corrected chi connectivity index (χ2v) is 31.0. The average molecular weight is 1400 g/mol. The van der Waals surface area contributed by atoms with Crippen molar-refractivity contribution in [3.63, 3.8) is 0 Å². The van der Waals surface area contributed by atoms with Gasteiger partial charge in [0.25, 0.3) is 0 Å². The molecular weight excluding hydrogens is 1250 g/mol. The lowest BCUT2D eigenvalue weighted by molar-refractivity contribution is -0.161. The number of hydrogen-bond acceptors (Lipinski definition) is 15. The van der Waals surface area contributed by atoms with Gasteiger partial charge in [-0.3, -0.25) is 37.3 Å². The van der Waals surface area contributed by atoms with Crippen LogP contribution in [-0.4, -0.2) is 96.7 Å². The molecule has 0 aromatic rings. The van der Waals surface area contributed by atoms with E-state index in [1.165, 1.54) is 205 Å². The highest BCUT2D eigenvalue weighted by atomic mass is 31.2. The van der Waals surface area contributed by atoms with Crippen LogP contribution in [0.4, 0.5) is 0 Å². The SMILES string of the molecule is CCCCCCCCCCCCCCCCCC(=O)O[C@H](COC(=O)CCCCCCC)COP(=O)(O)OC[C@H](O)COP(=O)(O)OC[C@@H](COC(=O)CCCCCCCCCCCCCCCCC(C)C)OC(=O)CCCCCCCCCCCCCCCCC(C)CC. The van der Waals surface area contributed by atoms with Crippen LogP contribution >= 0.6 is 15.6 Å². The lowest BCUT2D eigenvalue weighted by Gasteiger charge is -2.21. The Morgan fingerprint density at radius 3 is 0.800 bits per heavy atom. The van der Waals surface area contributed by atoms with E-state index < -0.39 is 97.5 Å². The molecule has 0 bridgehead atoms. The van der Waals surface area contributed by atoms with E-state index in [0.29, 0.717) is 25.7 Å². The number of phosphoric acid groups is 2. The zero-order valence-corrected chi connectivity index (χ0v) is 63.8. The molecule has 0 aliphatic heterocycles. The Balaban J connectivity index is 5.15. The minimum atomic E-state index is -4.96. The van der Waals surface area contributed by atoms with Crippen LogP contribution < -0.4 is 0 Å². The Morgan fingerprint density at radius 2 is 0.537 bits per heavy atom. The lowest BCUT2D eigenvalue weighted by atomic mass is 9.99. The van der Waals surface area contributed by atoms with E-state index in [2.05, 4.69) is 41.5 Å². The number of rotatable bonds is 75. The van der Waals surface area contributed by atoms with E-state index in [4.69, 9.17) is 37.0 Å². The number of carbonyl (C=O) groups excluding carboxylic acids is 4. The maximum atomic E-state index is 13.1. The standard InChI is InChI=1S/C76H148O17P2/c1-7-10-12-14-15-16-17-18-19-27-32-37-42-48-54-60-75(80)92-71(64-86-73(78)58-52-44-13-11-8-2)66-90-94(82,83)88-62-70(77)63-89-95(84,85)91-67-72(65-87-74(79)59-53-47-41-36-31-26-22-20-24-29-34-39-45-50-56-68(4)5)93-76(81)61-55-49-43-38-33-28-23-21-25-30-35-40-46-51-57-69(6)9-3/h68-72,77H,7-67H2,1-6H3,(H,82,83)(H,84,85)/t69?,70-,71+,72+/m0/s1. The highest BCUT2D eigenvalue weighted by molar-refractivity contribution is 7.47. The molecule has 0 amide bonds. The number of esters is 4. The van der Waals surface area contributed by atoms with Crippen LogP contribution in [0.25, 0.3) is 0 Å². The number of aliphatic hydroxyl groups is 1. The first-order valence-corrected chi connectivity index (χ1v) is 42.5. The van der Waals surface area contributed by atoms with Crippen molar-refractivity contribution >= 4 is 39.5 Å². The number of ether oxygens (including phenoxy) is 4. The summed E-state index contributed by atoms with van der Waals surface area (Å²) in [4.78, 5) is 72.5. The summed E-state index contributed by atoms with van der Waals surface area (Å²) in [5.41, 5.74) is 0. The van der Waals surface area contributed by atoms with Gasteiger partial charge in [-0.05, 0) is 37.5 Å². The summed E-state index contributed by atoms with van der Waals surface area (Å²) >= 11 is 0. The molecule has 0 saturated heterocycles. The molecule has 0 heterocycles. The summed E-state index contributed by atoms with van der Waals surface area (Å²) in [5, 5.41) is 10.6. The fourth-order valence-corrected chi connectivity index (χ4v) is 13.2. The third kappa shape index (κ3) is 69.0. The van der Waals surface area contributed by atoms with E-state index >= 15 is 0 Å². The van der Waals surface area contributed by atoms with Crippen LogP contribution in [0.15, 0.2) is 0 Å². The molecule has 0 radical (unpaired) electrons. The number of phosphoric ester groups is 2. The molecular formula is C76H148O17P2. The normalized spacial score (nSPS) is 14.3. The molecule has 0 spiro atoms. The first kappa shape index (κ1) is 93.1. The molecule has 19 heteroatoms. The Labute approximate surface area is 581 Å². The van der Waals surface area contributed by atoms with Crippen LogP contribution in [0.2, 0.25) is 0 Å². The van der Waals surface area contributed by atoms with Gasteiger partial charge in [-0.2, -0.15) is 0 Å². The maximum Gasteiger partial charge on any atom is 0.472 e. The van der Waals surface area contributed by atoms with Gasteiger partial charge in [0.05, 0.1) is 26.4 Å². The monoisotopic (exact) mass is 1400 g/mol. The second-order valence-electron chi connectivity index (χ2n) is 28.1. The highest BCUT2D eigenvalue weighted by Gasteiger charge is 2.30. The summed E-state index contributed by atoms with van der Waals surface area (Å²) in [6, 6.07) is 0. The molecule has 0 aliphatic rings. The van der Waals surface area contributed by atoms with E-state index in [9.17, 15) is 43.2 Å². The molecule has 0 saturated carbocycles. The topological polar surface area (TPSA) is 237 Å². The average Bonchev–Trinajstić information content (AvgIpc) is 1.95. The molecule has 0 aromatic carbocycles. The minimum Gasteiger partial charge on any atom is -0.462 e. The maximum absolute atomic E-state index is 13.1. The largest absolute Gasteiger partial charge is 0.472 e. The summed E-state index contributed by atoms with van der Waals surface area (Å²) in [5.74, 6) is -0.480. The zero-order chi connectivity index (χ0) is 70.0. The molecule has 6 atom stereocenters. The molecule has 0 rings (SSSR count). The number of aliphatic hydroxyl groups excluding tert-OH is 1. The fraction of sp³-hybridized carbons (Fsp3) is 0.947. The predicted octanol–water partition coefficient (Wildman–Crippen LogP) is 22.3. The van der Waals surface area contributed by atoms with Gasteiger partial charge in [0, 0.05) is 25.7 Å². The van der Waals surface area contributed by atoms with E-state index in [0.717, 1.165) is 108 Å². The van der Waals surface area contributed by atoms with Gasteiger partial charge < -0.3 is 33.8 Å². The second kappa shape index (κ2) is 67.9. The summed E-state index contributed by atoms with van der Waals surface area (Å²) in [6.07, 6.45) is 55.8. The van der Waals surface area contributed by atoms with Crippen molar-refractivity contribution in [1.82, 2.24) is 0 Å². The molecule has 0 fully saturated rings. The van der Waals surface area contributed by atoms with Gasteiger partial charge >= 0.3 is 39.5 Å². The Kier molecular flexibility index (Phi) is 66.5. The minimum absolute atomic E-state index is 0.107. The highest BCUT2D eigenvalue weighted by Crippen LogP contribution is 2.45. The van der Waals surface area contributed by atoms with Crippen LogP contribution in [0.5, 0.6) is 0 Å². The number of hydrogen-bond donors (Lipinski definition) is 3. The fourth-order valence-electron chi connectivity index (χ4n) is 11.6. The van der Waals surface area contributed by atoms with Gasteiger partial charge in [-0.15, -0.1) is 0 Å². The third-order valence-corrected chi connectivity index (χ3v) is 20.0. The molecule has 0 aliphatic carbocycles. The smallest absolute Gasteiger partial charge is 0.462 e. The lowest BCUT2D eigenvalue weighted by Crippen LogP contribution is -2.30. The summed E-state index contributed by atoms with van der Waals surface area (Å²) in [6.45, 7) is 9.59. The van der Waals surface area contributed by atoms with Crippen molar-refractivity contribution < 1.29 is 80.2 Å². The van der Waals surface area contributed by atoms with Crippen LogP contribution in [0, 0.1) is 11.8 Å². The van der Waals surface area contributed by atoms with Crippen molar-refractivity contribution in [2.75, 3.05) is 39.6 Å². The van der Waals surface area contributed by atoms with Crippen molar-refractivity contribution in [3.8, 4) is 0 Å². The Bertz CT molecular complexity index is 1840. The quantitative estimate of drug-likeness (QED) is 0.0222. The van der Waals surface area contributed by atoms with Crippen LogP contribution in [-0.2, 0) is 65.4 Å². The molecule has 95 heavy (non-hydrogen) atoms.